The van der Waals surface area contributed by atoms with Crippen molar-refractivity contribution >= 4 is 5.91 Å². The molecule has 1 atom stereocenters. The van der Waals surface area contributed by atoms with Gasteiger partial charge < -0.3 is 10.2 Å². The molecule has 1 aliphatic heterocycles. The molecule has 1 aromatic carbocycles. The number of nitrogens with zero attached hydrogens (tertiary/aromatic N) is 1. The predicted molar refractivity (Wildman–Crippen MR) is 72.5 cm³/mol. The molecule has 0 saturated heterocycles. The standard InChI is InChI=1S/C15H20N2O/c1-12-8-9-17(11-15(12)16-13(2)18)10-14-6-4-3-5-7-14/h3-7,11-12H,8-10H2,1-2H3,(H,16,18). The van der Waals surface area contributed by atoms with E-state index in [0.29, 0.717) is 5.92 Å². The highest BCUT2D eigenvalue weighted by atomic mass is 16.1. The summed E-state index contributed by atoms with van der Waals surface area (Å²) in [7, 11) is 0. The van der Waals surface area contributed by atoms with Gasteiger partial charge >= 0.3 is 0 Å². The molecule has 1 aromatic rings. The number of amides is 1. The van der Waals surface area contributed by atoms with Gasteiger partial charge in [-0.1, -0.05) is 37.3 Å². The molecule has 0 spiro atoms. The molecule has 1 heterocycles. The molecular weight excluding hydrogens is 224 g/mol. The van der Waals surface area contributed by atoms with Crippen molar-refractivity contribution in [2.24, 2.45) is 5.92 Å². The summed E-state index contributed by atoms with van der Waals surface area (Å²) in [6.07, 6.45) is 3.17. The zero-order chi connectivity index (χ0) is 13.0. The Morgan fingerprint density at radius 3 is 2.78 bits per heavy atom. The molecule has 0 saturated carbocycles. The van der Waals surface area contributed by atoms with E-state index in [1.165, 1.54) is 5.56 Å². The smallest absolute Gasteiger partial charge is 0.221 e. The van der Waals surface area contributed by atoms with E-state index >= 15 is 0 Å². The maximum Gasteiger partial charge on any atom is 0.221 e. The van der Waals surface area contributed by atoms with Crippen molar-refractivity contribution in [2.75, 3.05) is 6.54 Å². The summed E-state index contributed by atoms with van der Waals surface area (Å²) < 4.78 is 0. The van der Waals surface area contributed by atoms with Crippen LogP contribution in [0.25, 0.3) is 0 Å². The molecule has 0 bridgehead atoms. The van der Waals surface area contributed by atoms with Gasteiger partial charge in [0.15, 0.2) is 0 Å². The fourth-order valence-corrected chi connectivity index (χ4v) is 2.20. The predicted octanol–water partition coefficient (Wildman–Crippen LogP) is 2.51. The van der Waals surface area contributed by atoms with Gasteiger partial charge in [0.1, 0.15) is 0 Å². The molecule has 18 heavy (non-hydrogen) atoms. The van der Waals surface area contributed by atoms with E-state index in [1.54, 1.807) is 6.92 Å². The summed E-state index contributed by atoms with van der Waals surface area (Å²) in [4.78, 5) is 13.4. The maximum absolute atomic E-state index is 11.2. The SMILES string of the molecule is CC(=O)NC1=CN(Cc2ccccc2)CCC1C. The van der Waals surface area contributed by atoms with Gasteiger partial charge in [-0.2, -0.15) is 0 Å². The first-order chi connectivity index (χ1) is 8.65. The zero-order valence-corrected chi connectivity index (χ0v) is 11.0. The van der Waals surface area contributed by atoms with Crippen LogP contribution in [0.2, 0.25) is 0 Å². The molecule has 1 N–H and O–H groups in total. The number of hydrogen-bond donors (Lipinski definition) is 1. The van der Waals surface area contributed by atoms with Crippen LogP contribution in [-0.4, -0.2) is 17.4 Å². The average Bonchev–Trinajstić information content (AvgIpc) is 2.34. The molecule has 2 rings (SSSR count). The molecule has 3 nitrogen and oxygen atoms in total. The minimum Gasteiger partial charge on any atom is -0.372 e. The Balaban J connectivity index is 2.05. The Morgan fingerprint density at radius 2 is 2.11 bits per heavy atom. The van der Waals surface area contributed by atoms with E-state index < -0.39 is 0 Å². The van der Waals surface area contributed by atoms with Crippen molar-refractivity contribution in [3.63, 3.8) is 0 Å². The maximum atomic E-state index is 11.2. The van der Waals surface area contributed by atoms with E-state index in [1.807, 2.05) is 6.07 Å². The molecule has 0 aromatic heterocycles. The summed E-state index contributed by atoms with van der Waals surface area (Å²) in [6, 6.07) is 10.4. The molecular formula is C15H20N2O. The number of rotatable bonds is 3. The average molecular weight is 244 g/mol. The summed E-state index contributed by atoms with van der Waals surface area (Å²) in [5, 5.41) is 2.93. The fourth-order valence-electron chi connectivity index (χ4n) is 2.20. The van der Waals surface area contributed by atoms with Gasteiger partial charge in [-0.05, 0) is 17.9 Å². The highest BCUT2D eigenvalue weighted by Gasteiger charge is 2.18. The number of hydrogen-bond acceptors (Lipinski definition) is 2. The van der Waals surface area contributed by atoms with Crippen LogP contribution in [0.4, 0.5) is 0 Å². The molecule has 1 aliphatic rings. The first kappa shape index (κ1) is 12.7. The summed E-state index contributed by atoms with van der Waals surface area (Å²) in [5.41, 5.74) is 2.33. The molecule has 1 unspecified atom stereocenters. The highest BCUT2D eigenvalue weighted by Crippen LogP contribution is 2.20. The number of nitrogens with one attached hydrogen (secondary N) is 1. The van der Waals surface area contributed by atoms with E-state index in [9.17, 15) is 4.79 Å². The number of allylic oxidation sites excluding steroid dienone is 1. The van der Waals surface area contributed by atoms with Crippen LogP contribution in [0.15, 0.2) is 42.2 Å². The van der Waals surface area contributed by atoms with Gasteiger partial charge in [-0.15, -0.1) is 0 Å². The second-order valence-electron chi connectivity index (χ2n) is 4.91. The van der Waals surface area contributed by atoms with E-state index in [-0.39, 0.29) is 5.91 Å². The molecule has 3 heteroatoms. The second kappa shape index (κ2) is 5.71. The Hall–Kier alpha value is -1.77. The van der Waals surface area contributed by atoms with Crippen molar-refractivity contribution in [1.82, 2.24) is 10.2 Å². The van der Waals surface area contributed by atoms with Crippen molar-refractivity contribution in [3.05, 3.63) is 47.8 Å². The van der Waals surface area contributed by atoms with Crippen LogP contribution in [0.5, 0.6) is 0 Å². The Morgan fingerprint density at radius 1 is 1.39 bits per heavy atom. The van der Waals surface area contributed by atoms with E-state index in [2.05, 4.69) is 47.6 Å². The van der Waals surface area contributed by atoms with Crippen molar-refractivity contribution < 1.29 is 4.79 Å². The lowest BCUT2D eigenvalue weighted by Crippen LogP contribution is -2.33. The third-order valence-electron chi connectivity index (χ3n) is 3.25. The summed E-state index contributed by atoms with van der Waals surface area (Å²) >= 11 is 0. The lowest BCUT2D eigenvalue weighted by molar-refractivity contribution is -0.118. The van der Waals surface area contributed by atoms with Gasteiger partial charge in [0.25, 0.3) is 0 Å². The molecule has 0 fully saturated rings. The van der Waals surface area contributed by atoms with Crippen LogP contribution < -0.4 is 5.32 Å². The first-order valence-corrected chi connectivity index (χ1v) is 6.42. The fraction of sp³-hybridized carbons (Fsp3) is 0.400. The zero-order valence-electron chi connectivity index (χ0n) is 11.0. The largest absolute Gasteiger partial charge is 0.372 e. The number of carbonyl (C=O) groups is 1. The Bertz CT molecular complexity index is 439. The third kappa shape index (κ3) is 3.36. The Kier molecular flexibility index (Phi) is 4.03. The Labute approximate surface area is 108 Å². The van der Waals surface area contributed by atoms with Crippen molar-refractivity contribution in [3.8, 4) is 0 Å². The minimum atomic E-state index is 0.00895. The van der Waals surface area contributed by atoms with Crippen LogP contribution in [-0.2, 0) is 11.3 Å². The molecule has 1 amide bonds. The molecule has 96 valence electrons. The highest BCUT2D eigenvalue weighted by molar-refractivity contribution is 5.74. The minimum absolute atomic E-state index is 0.00895. The molecule has 0 radical (unpaired) electrons. The van der Waals surface area contributed by atoms with Crippen molar-refractivity contribution in [1.29, 1.82) is 0 Å². The van der Waals surface area contributed by atoms with Gasteiger partial charge in [0, 0.05) is 31.9 Å². The van der Waals surface area contributed by atoms with Crippen LogP contribution >= 0.6 is 0 Å². The summed E-state index contributed by atoms with van der Waals surface area (Å²) in [6.45, 7) is 5.65. The lowest BCUT2D eigenvalue weighted by atomic mass is 10.00. The first-order valence-electron chi connectivity index (χ1n) is 6.42. The van der Waals surface area contributed by atoms with Gasteiger partial charge in [0.05, 0.1) is 0 Å². The lowest BCUT2D eigenvalue weighted by Gasteiger charge is -2.30. The quantitative estimate of drug-likeness (QED) is 0.886. The number of carbonyl (C=O) groups excluding carboxylic acids is 1. The monoisotopic (exact) mass is 244 g/mol. The van der Waals surface area contributed by atoms with Crippen LogP contribution in [0.1, 0.15) is 25.8 Å². The normalized spacial score (nSPS) is 19.3. The number of benzene rings is 1. The van der Waals surface area contributed by atoms with E-state index in [4.69, 9.17) is 0 Å². The van der Waals surface area contributed by atoms with Crippen molar-refractivity contribution in [2.45, 2.75) is 26.8 Å². The molecule has 0 aliphatic carbocycles. The van der Waals surface area contributed by atoms with Gasteiger partial charge in [0.2, 0.25) is 5.91 Å². The van der Waals surface area contributed by atoms with Gasteiger partial charge in [-0.3, -0.25) is 4.79 Å². The summed E-state index contributed by atoms with van der Waals surface area (Å²) in [5.74, 6) is 0.440. The third-order valence-corrected chi connectivity index (χ3v) is 3.25. The van der Waals surface area contributed by atoms with Crippen LogP contribution in [0, 0.1) is 5.92 Å². The van der Waals surface area contributed by atoms with E-state index in [0.717, 1.165) is 25.2 Å². The second-order valence-corrected chi connectivity index (χ2v) is 4.91. The topological polar surface area (TPSA) is 32.3 Å². The van der Waals surface area contributed by atoms with Gasteiger partial charge in [-0.25, -0.2) is 0 Å². The van der Waals surface area contributed by atoms with Crippen LogP contribution in [0.3, 0.4) is 0 Å².